The predicted octanol–water partition coefficient (Wildman–Crippen LogP) is 1.61. The molecule has 0 rings (SSSR count). The van der Waals surface area contributed by atoms with Gasteiger partial charge in [0.2, 0.25) is 5.91 Å². The molecule has 0 aliphatic carbocycles. The molecule has 0 aliphatic rings. The Balaban J connectivity index is 3.90. The first-order valence-corrected chi connectivity index (χ1v) is 4.72. The van der Waals surface area contributed by atoms with Crippen LogP contribution >= 0.6 is 0 Å². The maximum atomic E-state index is 11.8. The van der Waals surface area contributed by atoms with Gasteiger partial charge in [-0.05, 0) is 13.3 Å². The molecule has 0 aliphatic heterocycles. The van der Waals surface area contributed by atoms with Crippen molar-refractivity contribution < 1.29 is 23.1 Å². The Kier molecular flexibility index (Phi) is 5.07. The zero-order valence-electron chi connectivity index (χ0n) is 8.82. The molecular weight excluding hydrogens is 211 g/mol. The molecule has 0 heterocycles. The van der Waals surface area contributed by atoms with E-state index in [4.69, 9.17) is 0 Å². The lowest BCUT2D eigenvalue weighted by molar-refractivity contribution is -0.154. The van der Waals surface area contributed by atoms with Crippen molar-refractivity contribution in [2.75, 3.05) is 6.54 Å². The largest absolute Gasteiger partial charge is 0.397 e. The Morgan fingerprint density at radius 1 is 1.40 bits per heavy atom. The number of carbonyl (C=O) groups is 1. The lowest BCUT2D eigenvalue weighted by atomic mass is 10.0. The molecule has 90 valence electrons. The molecule has 0 aromatic carbocycles. The maximum Gasteiger partial charge on any atom is 0.397 e. The average molecular weight is 227 g/mol. The van der Waals surface area contributed by atoms with Crippen molar-refractivity contribution in [1.29, 1.82) is 0 Å². The SMILES string of the molecule is CCCC(C)(O)CNC(=O)CC(F)(F)F. The molecule has 0 bridgehead atoms. The summed E-state index contributed by atoms with van der Waals surface area (Å²) < 4.78 is 35.3. The van der Waals surface area contributed by atoms with Crippen molar-refractivity contribution in [3.63, 3.8) is 0 Å². The first kappa shape index (κ1) is 14.2. The Morgan fingerprint density at radius 3 is 2.33 bits per heavy atom. The summed E-state index contributed by atoms with van der Waals surface area (Å²) >= 11 is 0. The number of amides is 1. The fourth-order valence-corrected chi connectivity index (χ4v) is 1.16. The number of hydrogen-bond acceptors (Lipinski definition) is 2. The van der Waals surface area contributed by atoms with Crippen molar-refractivity contribution in [3.05, 3.63) is 0 Å². The van der Waals surface area contributed by atoms with E-state index in [1.165, 1.54) is 6.92 Å². The number of rotatable bonds is 5. The molecule has 1 atom stereocenters. The summed E-state index contributed by atoms with van der Waals surface area (Å²) in [7, 11) is 0. The van der Waals surface area contributed by atoms with Crippen LogP contribution in [0, 0.1) is 0 Å². The Morgan fingerprint density at radius 2 is 1.93 bits per heavy atom. The van der Waals surface area contributed by atoms with Crippen LogP contribution in [0.5, 0.6) is 0 Å². The molecule has 15 heavy (non-hydrogen) atoms. The van der Waals surface area contributed by atoms with E-state index in [0.29, 0.717) is 12.8 Å². The van der Waals surface area contributed by atoms with Gasteiger partial charge in [0.05, 0.1) is 5.60 Å². The molecule has 6 heteroatoms. The van der Waals surface area contributed by atoms with Gasteiger partial charge in [-0.3, -0.25) is 4.79 Å². The fraction of sp³-hybridized carbons (Fsp3) is 0.889. The van der Waals surface area contributed by atoms with Crippen LogP contribution in [0.4, 0.5) is 13.2 Å². The van der Waals surface area contributed by atoms with Crippen LogP contribution in [-0.2, 0) is 4.79 Å². The van der Waals surface area contributed by atoms with Gasteiger partial charge in [0.15, 0.2) is 0 Å². The van der Waals surface area contributed by atoms with E-state index in [0.717, 1.165) is 0 Å². The molecule has 0 saturated heterocycles. The third-order valence-corrected chi connectivity index (χ3v) is 1.82. The van der Waals surface area contributed by atoms with E-state index in [-0.39, 0.29) is 6.54 Å². The summed E-state index contributed by atoms with van der Waals surface area (Å²) in [6.07, 6.45) is -4.88. The second kappa shape index (κ2) is 5.34. The highest BCUT2D eigenvalue weighted by Gasteiger charge is 2.31. The highest BCUT2D eigenvalue weighted by molar-refractivity contribution is 5.76. The van der Waals surface area contributed by atoms with Crippen LogP contribution in [0.25, 0.3) is 0 Å². The molecule has 0 radical (unpaired) electrons. The minimum Gasteiger partial charge on any atom is -0.388 e. The lowest BCUT2D eigenvalue weighted by Gasteiger charge is -2.23. The first-order chi connectivity index (χ1) is 6.66. The summed E-state index contributed by atoms with van der Waals surface area (Å²) in [5.41, 5.74) is -1.14. The number of aliphatic hydroxyl groups is 1. The molecule has 1 amide bonds. The minimum absolute atomic E-state index is 0.157. The Bertz CT molecular complexity index is 214. The molecule has 0 aromatic rings. The quantitative estimate of drug-likeness (QED) is 0.749. The van der Waals surface area contributed by atoms with E-state index in [1.54, 1.807) is 0 Å². The van der Waals surface area contributed by atoms with Gasteiger partial charge >= 0.3 is 6.18 Å². The Labute approximate surface area is 86.7 Å². The van der Waals surface area contributed by atoms with Crippen molar-refractivity contribution >= 4 is 5.91 Å². The van der Waals surface area contributed by atoms with Crippen LogP contribution < -0.4 is 5.32 Å². The summed E-state index contributed by atoms with van der Waals surface area (Å²) in [6.45, 7) is 3.16. The highest BCUT2D eigenvalue weighted by atomic mass is 19.4. The zero-order valence-corrected chi connectivity index (χ0v) is 8.82. The molecule has 0 fully saturated rings. The van der Waals surface area contributed by atoms with Gasteiger partial charge in [0.1, 0.15) is 6.42 Å². The molecule has 0 saturated carbocycles. The second-order valence-electron chi connectivity index (χ2n) is 3.82. The van der Waals surface area contributed by atoms with Crippen LogP contribution in [0.15, 0.2) is 0 Å². The van der Waals surface area contributed by atoms with E-state index in [2.05, 4.69) is 5.32 Å². The molecular formula is C9H16F3NO2. The van der Waals surface area contributed by atoms with Crippen molar-refractivity contribution in [2.45, 2.75) is 44.9 Å². The van der Waals surface area contributed by atoms with Crippen LogP contribution in [0.2, 0.25) is 0 Å². The fourth-order valence-electron chi connectivity index (χ4n) is 1.16. The van der Waals surface area contributed by atoms with Gasteiger partial charge in [-0.2, -0.15) is 13.2 Å². The second-order valence-corrected chi connectivity index (χ2v) is 3.82. The van der Waals surface area contributed by atoms with Gasteiger partial charge in [0.25, 0.3) is 0 Å². The number of nitrogens with one attached hydrogen (secondary N) is 1. The third kappa shape index (κ3) is 8.23. The van der Waals surface area contributed by atoms with E-state index in [9.17, 15) is 23.1 Å². The minimum atomic E-state index is -4.50. The van der Waals surface area contributed by atoms with Crippen molar-refractivity contribution in [2.24, 2.45) is 0 Å². The number of hydrogen-bond donors (Lipinski definition) is 2. The first-order valence-electron chi connectivity index (χ1n) is 4.72. The topological polar surface area (TPSA) is 49.3 Å². The monoisotopic (exact) mass is 227 g/mol. The molecule has 2 N–H and O–H groups in total. The molecule has 0 spiro atoms. The summed E-state index contributed by atoms with van der Waals surface area (Å²) in [6, 6.07) is 0. The molecule has 1 unspecified atom stereocenters. The number of halogens is 3. The summed E-state index contributed by atoms with van der Waals surface area (Å²) in [4.78, 5) is 10.8. The summed E-state index contributed by atoms with van der Waals surface area (Å²) in [5, 5.41) is 11.6. The van der Waals surface area contributed by atoms with Crippen molar-refractivity contribution in [3.8, 4) is 0 Å². The number of alkyl halides is 3. The smallest absolute Gasteiger partial charge is 0.388 e. The Hall–Kier alpha value is -0.780. The van der Waals surface area contributed by atoms with Gasteiger partial charge in [0, 0.05) is 6.54 Å². The van der Waals surface area contributed by atoms with E-state index in [1.807, 2.05) is 6.92 Å². The van der Waals surface area contributed by atoms with Gasteiger partial charge < -0.3 is 10.4 Å². The molecule has 3 nitrogen and oxygen atoms in total. The van der Waals surface area contributed by atoms with E-state index < -0.39 is 24.1 Å². The zero-order chi connectivity index (χ0) is 12.1. The number of carbonyl (C=O) groups excluding carboxylic acids is 1. The van der Waals surface area contributed by atoms with Crippen LogP contribution in [-0.4, -0.2) is 29.3 Å². The van der Waals surface area contributed by atoms with Crippen molar-refractivity contribution in [1.82, 2.24) is 5.32 Å². The van der Waals surface area contributed by atoms with Gasteiger partial charge in [-0.25, -0.2) is 0 Å². The van der Waals surface area contributed by atoms with Gasteiger partial charge in [-0.1, -0.05) is 13.3 Å². The average Bonchev–Trinajstić information content (AvgIpc) is 1.98. The standard InChI is InChI=1S/C9H16F3NO2/c1-3-4-8(2,15)6-13-7(14)5-9(10,11)12/h15H,3-6H2,1-2H3,(H,13,14). The van der Waals surface area contributed by atoms with Crippen LogP contribution in [0.3, 0.4) is 0 Å². The predicted molar refractivity (Wildman–Crippen MR) is 49.2 cm³/mol. The lowest BCUT2D eigenvalue weighted by Crippen LogP contribution is -2.41. The summed E-state index contributed by atoms with van der Waals surface area (Å²) in [5.74, 6) is -1.11. The van der Waals surface area contributed by atoms with Gasteiger partial charge in [-0.15, -0.1) is 0 Å². The normalized spacial score (nSPS) is 15.9. The molecule has 0 aromatic heterocycles. The van der Waals surface area contributed by atoms with Crippen LogP contribution in [0.1, 0.15) is 33.1 Å². The van der Waals surface area contributed by atoms with E-state index >= 15 is 0 Å². The maximum absolute atomic E-state index is 11.8. The third-order valence-electron chi connectivity index (χ3n) is 1.82. The highest BCUT2D eigenvalue weighted by Crippen LogP contribution is 2.19.